The summed E-state index contributed by atoms with van der Waals surface area (Å²) in [5, 5.41) is 11.2. The minimum absolute atomic E-state index is 0.225. The van der Waals surface area contributed by atoms with E-state index in [1.54, 1.807) is 6.07 Å². The fourth-order valence-corrected chi connectivity index (χ4v) is 1.33. The summed E-state index contributed by atoms with van der Waals surface area (Å²) in [6.07, 6.45) is 0. The first-order chi connectivity index (χ1) is 7.81. The lowest BCUT2D eigenvalue weighted by Crippen LogP contribution is -2.20. The number of phenols is 1. The molecular weight excluding hydrogens is 241 g/mol. The molecular formula is C9H11BF4NO2-. The fourth-order valence-electron chi connectivity index (χ4n) is 1.33. The van der Waals surface area contributed by atoms with E-state index in [2.05, 4.69) is 0 Å². The lowest BCUT2D eigenvalue weighted by Gasteiger charge is -2.10. The summed E-state index contributed by atoms with van der Waals surface area (Å²) < 4.78 is 39.0. The first-order valence-corrected chi connectivity index (χ1v) is 4.92. The molecule has 0 aromatic heterocycles. The zero-order chi connectivity index (χ0) is 13.1. The van der Waals surface area contributed by atoms with Crippen LogP contribution < -0.4 is 4.84 Å². The topological polar surface area (TPSA) is 32.7 Å². The summed E-state index contributed by atoms with van der Waals surface area (Å²) in [4.78, 5) is 5.37. The molecule has 8 heteroatoms. The maximum Gasteiger partial charge on any atom is 0.673 e. The molecule has 1 aromatic rings. The Bertz CT molecular complexity index is 380. The van der Waals surface area contributed by atoms with Crippen LogP contribution in [0.3, 0.4) is 0 Å². The van der Waals surface area contributed by atoms with Crippen LogP contribution in [0, 0.1) is 0 Å². The summed E-state index contributed by atoms with van der Waals surface area (Å²) in [5.74, 6) is 0.836. The number of phenolic OH excluding ortho intramolecular Hbond substituents is 1. The number of hydroxylamine groups is 2. The van der Waals surface area contributed by atoms with Crippen LogP contribution in [0.15, 0.2) is 18.2 Å². The van der Waals surface area contributed by atoms with E-state index in [4.69, 9.17) is 4.84 Å². The molecule has 3 nitrogen and oxygen atoms in total. The van der Waals surface area contributed by atoms with Crippen molar-refractivity contribution in [2.45, 2.75) is 13.5 Å². The predicted molar refractivity (Wildman–Crippen MR) is 55.0 cm³/mol. The Morgan fingerprint density at radius 2 is 1.94 bits per heavy atom. The van der Waals surface area contributed by atoms with Gasteiger partial charge in [-0.1, -0.05) is 12.1 Å². The first kappa shape index (κ1) is 13.6. The number of fused-ring (bicyclic) bond motifs is 1. The first-order valence-electron chi connectivity index (χ1n) is 4.92. The average Bonchev–Trinajstić information content (AvgIpc) is 2.59. The summed E-state index contributed by atoms with van der Waals surface area (Å²) in [6.45, 7) is 3.61. The molecule has 2 rings (SSSR count). The van der Waals surface area contributed by atoms with Crippen LogP contribution in [-0.4, -0.2) is 24.0 Å². The summed E-state index contributed by atoms with van der Waals surface area (Å²) in [5.41, 5.74) is 1.05. The lowest BCUT2D eigenvalue weighted by molar-refractivity contribution is -0.0388. The third-order valence-electron chi connectivity index (χ3n) is 2.00. The van der Waals surface area contributed by atoms with Crippen LogP contribution in [0.5, 0.6) is 11.5 Å². The van der Waals surface area contributed by atoms with Crippen molar-refractivity contribution < 1.29 is 27.2 Å². The molecule has 0 atom stereocenters. The number of hydrogen-bond donors (Lipinski definition) is 1. The van der Waals surface area contributed by atoms with E-state index >= 15 is 0 Å². The number of rotatable bonds is 1. The van der Waals surface area contributed by atoms with Gasteiger partial charge in [0, 0.05) is 12.1 Å². The molecule has 1 aliphatic rings. The monoisotopic (exact) mass is 252 g/mol. The van der Waals surface area contributed by atoms with E-state index < -0.39 is 7.25 Å². The standard InChI is InChI=1S/C9H11NO2.BF4/c1-2-10-6-7-4-3-5-8(11)9(7)12-10;2-1(3,4)5/h3-5,11H,2,6H2,1H3;/q;-1. The molecule has 0 radical (unpaired) electrons. The molecule has 0 bridgehead atoms. The van der Waals surface area contributed by atoms with Crippen molar-refractivity contribution in [2.24, 2.45) is 0 Å². The maximum absolute atomic E-state index is 9.75. The van der Waals surface area contributed by atoms with Gasteiger partial charge < -0.3 is 27.2 Å². The van der Waals surface area contributed by atoms with E-state index in [1.165, 1.54) is 0 Å². The summed E-state index contributed by atoms with van der Waals surface area (Å²) in [6, 6.07) is 5.43. The van der Waals surface area contributed by atoms with Crippen molar-refractivity contribution in [1.29, 1.82) is 0 Å². The maximum atomic E-state index is 9.75. The second kappa shape index (κ2) is 5.26. The van der Waals surface area contributed by atoms with E-state index in [-0.39, 0.29) is 5.75 Å². The van der Waals surface area contributed by atoms with Crippen molar-refractivity contribution in [1.82, 2.24) is 5.06 Å². The third-order valence-corrected chi connectivity index (χ3v) is 2.00. The van der Waals surface area contributed by atoms with Crippen LogP contribution in [-0.2, 0) is 6.54 Å². The molecule has 0 fully saturated rings. The quantitative estimate of drug-likeness (QED) is 0.616. The van der Waals surface area contributed by atoms with Gasteiger partial charge in [0.25, 0.3) is 0 Å². The van der Waals surface area contributed by atoms with Crippen LogP contribution in [0.2, 0.25) is 0 Å². The summed E-state index contributed by atoms with van der Waals surface area (Å²) in [7, 11) is -6.00. The van der Waals surface area contributed by atoms with Gasteiger partial charge in [0.15, 0.2) is 11.5 Å². The Kier molecular flexibility index (Phi) is 4.22. The molecule has 0 amide bonds. The van der Waals surface area contributed by atoms with Gasteiger partial charge in [-0.3, -0.25) is 0 Å². The van der Waals surface area contributed by atoms with Gasteiger partial charge in [-0.05, 0) is 13.0 Å². The van der Waals surface area contributed by atoms with E-state index in [1.807, 2.05) is 24.1 Å². The predicted octanol–water partition coefficient (Wildman–Crippen LogP) is 2.82. The molecule has 0 saturated carbocycles. The van der Waals surface area contributed by atoms with E-state index in [0.717, 1.165) is 18.7 Å². The fraction of sp³-hybridized carbons (Fsp3) is 0.333. The van der Waals surface area contributed by atoms with Crippen molar-refractivity contribution in [3.05, 3.63) is 23.8 Å². The van der Waals surface area contributed by atoms with Crippen LogP contribution in [0.25, 0.3) is 0 Å². The van der Waals surface area contributed by atoms with Gasteiger partial charge in [0.05, 0.1) is 6.54 Å². The van der Waals surface area contributed by atoms with Crippen molar-refractivity contribution in [2.75, 3.05) is 6.54 Å². The number of aromatic hydroxyl groups is 1. The van der Waals surface area contributed by atoms with Gasteiger partial charge in [-0.2, -0.15) is 0 Å². The van der Waals surface area contributed by atoms with Crippen LogP contribution >= 0.6 is 0 Å². The number of nitrogens with zero attached hydrogens (tertiary/aromatic N) is 1. The van der Waals surface area contributed by atoms with Crippen molar-refractivity contribution >= 4 is 7.25 Å². The molecule has 0 unspecified atom stereocenters. The minimum Gasteiger partial charge on any atom is -0.504 e. The van der Waals surface area contributed by atoms with Gasteiger partial charge in [-0.15, -0.1) is 5.06 Å². The normalized spacial score (nSPS) is 14.6. The largest absolute Gasteiger partial charge is 0.673 e. The van der Waals surface area contributed by atoms with Crippen LogP contribution in [0.1, 0.15) is 12.5 Å². The highest BCUT2D eigenvalue weighted by atomic mass is 19.5. The highest BCUT2D eigenvalue weighted by Crippen LogP contribution is 2.35. The van der Waals surface area contributed by atoms with Crippen molar-refractivity contribution in [3.8, 4) is 11.5 Å². The zero-order valence-corrected chi connectivity index (χ0v) is 9.04. The molecule has 17 heavy (non-hydrogen) atoms. The van der Waals surface area contributed by atoms with Gasteiger partial charge in [-0.25, -0.2) is 0 Å². The highest BCUT2D eigenvalue weighted by molar-refractivity contribution is 6.50. The highest BCUT2D eigenvalue weighted by Gasteiger charge is 2.21. The number of hydrogen-bond acceptors (Lipinski definition) is 3. The Morgan fingerprint density at radius 3 is 2.41 bits per heavy atom. The molecule has 0 saturated heterocycles. The number of benzene rings is 1. The van der Waals surface area contributed by atoms with Gasteiger partial charge in [0.1, 0.15) is 0 Å². The number of halogens is 4. The van der Waals surface area contributed by atoms with E-state index in [0.29, 0.717) is 5.75 Å². The molecule has 1 aliphatic heterocycles. The molecule has 96 valence electrons. The minimum atomic E-state index is -6.00. The molecule has 1 aromatic carbocycles. The SMILES string of the molecule is CCN1Cc2cccc(O)c2O1.F[B-](F)(F)F. The molecule has 1 N–H and O–H groups in total. The smallest absolute Gasteiger partial charge is 0.504 e. The summed E-state index contributed by atoms with van der Waals surface area (Å²) >= 11 is 0. The Morgan fingerprint density at radius 1 is 1.35 bits per heavy atom. The second-order valence-corrected chi connectivity index (χ2v) is 3.31. The molecule has 1 heterocycles. The van der Waals surface area contributed by atoms with Crippen molar-refractivity contribution in [3.63, 3.8) is 0 Å². The Hall–Kier alpha value is -1.44. The Balaban J connectivity index is 0.000000249. The third kappa shape index (κ3) is 4.52. The van der Waals surface area contributed by atoms with Crippen LogP contribution in [0.4, 0.5) is 17.3 Å². The van der Waals surface area contributed by atoms with Gasteiger partial charge >= 0.3 is 7.25 Å². The lowest BCUT2D eigenvalue weighted by atomic mass is 10.2. The molecule has 0 spiro atoms. The zero-order valence-electron chi connectivity index (χ0n) is 9.04. The second-order valence-electron chi connectivity index (χ2n) is 3.31. The Labute approximate surface area is 95.7 Å². The van der Waals surface area contributed by atoms with E-state index in [9.17, 15) is 22.4 Å². The molecule has 0 aliphatic carbocycles. The number of para-hydroxylation sites is 1. The van der Waals surface area contributed by atoms with Gasteiger partial charge in [0.2, 0.25) is 0 Å². The average molecular weight is 252 g/mol.